The Morgan fingerprint density at radius 3 is 2.83 bits per heavy atom. The molecule has 1 saturated carbocycles. The van der Waals surface area contributed by atoms with Crippen LogP contribution in [0.5, 0.6) is 0 Å². The summed E-state index contributed by atoms with van der Waals surface area (Å²) in [6, 6.07) is 11.3. The fraction of sp³-hybridized carbons (Fsp3) is 0.176. The summed E-state index contributed by atoms with van der Waals surface area (Å²) >= 11 is 0. The summed E-state index contributed by atoms with van der Waals surface area (Å²) in [7, 11) is 0. The summed E-state index contributed by atoms with van der Waals surface area (Å²) in [4.78, 5) is 22.3. The maximum Gasteiger partial charge on any atom is 0.270 e. The zero-order valence-electron chi connectivity index (χ0n) is 12.6. The van der Waals surface area contributed by atoms with E-state index in [0.717, 1.165) is 12.8 Å². The van der Waals surface area contributed by atoms with Crippen molar-refractivity contribution in [3.63, 3.8) is 0 Å². The Hall–Kier alpha value is -3.40. The SMILES string of the molecule is N#C/C(=C\c1ccc(-c2cccc([N+](=O)[O-])c2)o1)C(=O)NC1CC1. The van der Waals surface area contributed by atoms with Gasteiger partial charge in [-0.3, -0.25) is 14.9 Å². The number of nitrogens with one attached hydrogen (secondary N) is 1. The molecule has 0 unspecified atom stereocenters. The Balaban J connectivity index is 1.83. The number of non-ortho nitro benzene ring substituents is 1. The number of amides is 1. The van der Waals surface area contributed by atoms with Crippen molar-refractivity contribution >= 4 is 17.7 Å². The molecule has 0 radical (unpaired) electrons. The van der Waals surface area contributed by atoms with Gasteiger partial charge in [-0.25, -0.2) is 0 Å². The first kappa shape index (κ1) is 15.5. The van der Waals surface area contributed by atoms with Crippen LogP contribution in [0.25, 0.3) is 17.4 Å². The van der Waals surface area contributed by atoms with Crippen LogP contribution in [0, 0.1) is 21.4 Å². The summed E-state index contributed by atoms with van der Waals surface area (Å²) in [5.74, 6) is 0.331. The van der Waals surface area contributed by atoms with Gasteiger partial charge in [-0.2, -0.15) is 5.26 Å². The summed E-state index contributed by atoms with van der Waals surface area (Å²) in [6.07, 6.45) is 3.23. The molecule has 1 aliphatic rings. The number of benzene rings is 1. The highest BCUT2D eigenvalue weighted by Gasteiger charge is 2.24. The molecule has 0 bridgehead atoms. The molecule has 0 spiro atoms. The molecule has 1 heterocycles. The Morgan fingerprint density at radius 1 is 1.38 bits per heavy atom. The third-order valence-electron chi connectivity index (χ3n) is 3.53. The Morgan fingerprint density at radius 2 is 2.17 bits per heavy atom. The number of carbonyl (C=O) groups excluding carboxylic acids is 1. The van der Waals surface area contributed by atoms with Gasteiger partial charge in [-0.1, -0.05) is 12.1 Å². The van der Waals surface area contributed by atoms with Gasteiger partial charge in [-0.05, 0) is 25.0 Å². The van der Waals surface area contributed by atoms with Gasteiger partial charge >= 0.3 is 0 Å². The summed E-state index contributed by atoms with van der Waals surface area (Å²) < 4.78 is 5.58. The zero-order valence-corrected chi connectivity index (χ0v) is 12.6. The number of furan rings is 1. The number of hydrogen-bond acceptors (Lipinski definition) is 5. The van der Waals surface area contributed by atoms with Crippen LogP contribution in [0.15, 0.2) is 46.4 Å². The van der Waals surface area contributed by atoms with Gasteiger partial charge < -0.3 is 9.73 Å². The molecule has 2 aromatic rings. The molecule has 3 rings (SSSR count). The van der Waals surface area contributed by atoms with Gasteiger partial charge in [0.2, 0.25) is 0 Å². The van der Waals surface area contributed by atoms with Crippen molar-refractivity contribution in [1.29, 1.82) is 5.26 Å². The highest BCUT2D eigenvalue weighted by molar-refractivity contribution is 6.01. The van der Waals surface area contributed by atoms with E-state index < -0.39 is 10.8 Å². The molecule has 24 heavy (non-hydrogen) atoms. The maximum atomic E-state index is 11.9. The van der Waals surface area contributed by atoms with E-state index >= 15 is 0 Å². The van der Waals surface area contributed by atoms with E-state index in [2.05, 4.69) is 5.32 Å². The average molecular weight is 323 g/mol. The van der Waals surface area contributed by atoms with Crippen molar-refractivity contribution in [1.82, 2.24) is 5.32 Å². The number of nitrogens with zero attached hydrogens (tertiary/aromatic N) is 2. The Labute approximate surface area is 137 Å². The average Bonchev–Trinajstić information content (AvgIpc) is 3.27. The third kappa shape index (κ3) is 3.50. The van der Waals surface area contributed by atoms with E-state index in [9.17, 15) is 14.9 Å². The Kier molecular flexibility index (Phi) is 4.12. The minimum Gasteiger partial charge on any atom is -0.457 e. The van der Waals surface area contributed by atoms with Crippen molar-refractivity contribution < 1.29 is 14.1 Å². The minimum atomic E-state index is -0.483. The number of rotatable bonds is 5. The van der Waals surface area contributed by atoms with Crippen molar-refractivity contribution in [2.45, 2.75) is 18.9 Å². The monoisotopic (exact) mass is 323 g/mol. The molecule has 1 fully saturated rings. The maximum absolute atomic E-state index is 11.9. The highest BCUT2D eigenvalue weighted by atomic mass is 16.6. The van der Waals surface area contributed by atoms with E-state index in [1.54, 1.807) is 24.3 Å². The van der Waals surface area contributed by atoms with E-state index in [1.807, 2.05) is 6.07 Å². The van der Waals surface area contributed by atoms with Gasteiger partial charge in [-0.15, -0.1) is 0 Å². The van der Waals surface area contributed by atoms with E-state index in [0.29, 0.717) is 17.1 Å². The van der Waals surface area contributed by atoms with Crippen LogP contribution in [0.4, 0.5) is 5.69 Å². The van der Waals surface area contributed by atoms with E-state index in [1.165, 1.54) is 18.2 Å². The number of carbonyl (C=O) groups is 1. The van der Waals surface area contributed by atoms with Gasteiger partial charge in [0.25, 0.3) is 11.6 Å². The van der Waals surface area contributed by atoms with Crippen LogP contribution in [0.3, 0.4) is 0 Å². The largest absolute Gasteiger partial charge is 0.457 e. The normalized spacial score (nSPS) is 14.0. The zero-order chi connectivity index (χ0) is 17.1. The molecule has 120 valence electrons. The molecule has 7 heteroatoms. The molecule has 1 aliphatic carbocycles. The van der Waals surface area contributed by atoms with Gasteiger partial charge in [0.15, 0.2) is 0 Å². The second kappa shape index (κ2) is 6.38. The third-order valence-corrected chi connectivity index (χ3v) is 3.53. The highest BCUT2D eigenvalue weighted by Crippen LogP contribution is 2.26. The molecule has 1 aromatic carbocycles. The summed E-state index contributed by atoms with van der Waals surface area (Å²) in [5, 5.41) is 22.7. The fourth-order valence-electron chi connectivity index (χ4n) is 2.14. The minimum absolute atomic E-state index is 0.0393. The predicted octanol–water partition coefficient (Wildman–Crippen LogP) is 3.04. The van der Waals surface area contributed by atoms with Crippen LogP contribution >= 0.6 is 0 Å². The first-order valence-electron chi connectivity index (χ1n) is 7.34. The molecule has 1 amide bonds. The van der Waals surface area contributed by atoms with Crippen molar-refractivity contribution in [3.05, 3.63) is 57.8 Å². The van der Waals surface area contributed by atoms with Gasteiger partial charge in [0.05, 0.1) is 4.92 Å². The molecule has 0 atom stereocenters. The molecular weight excluding hydrogens is 310 g/mol. The van der Waals surface area contributed by atoms with Crippen LogP contribution in [0.1, 0.15) is 18.6 Å². The lowest BCUT2D eigenvalue weighted by Gasteiger charge is -2.00. The van der Waals surface area contributed by atoms with E-state index in [-0.39, 0.29) is 17.3 Å². The van der Waals surface area contributed by atoms with Gasteiger partial charge in [0.1, 0.15) is 23.2 Å². The Bertz CT molecular complexity index is 872. The quantitative estimate of drug-likeness (QED) is 0.393. The molecule has 0 aliphatic heterocycles. The molecule has 1 aromatic heterocycles. The number of nitro groups is 1. The number of hydrogen-bond donors (Lipinski definition) is 1. The van der Waals surface area contributed by atoms with Crippen LogP contribution < -0.4 is 5.32 Å². The van der Waals surface area contributed by atoms with Crippen molar-refractivity contribution in [2.75, 3.05) is 0 Å². The lowest BCUT2D eigenvalue weighted by molar-refractivity contribution is -0.384. The van der Waals surface area contributed by atoms with Crippen LogP contribution in [-0.2, 0) is 4.79 Å². The number of nitriles is 1. The molecule has 7 nitrogen and oxygen atoms in total. The smallest absolute Gasteiger partial charge is 0.270 e. The second-order valence-corrected chi connectivity index (χ2v) is 5.43. The predicted molar refractivity (Wildman–Crippen MR) is 85.6 cm³/mol. The number of nitro benzene ring substituents is 1. The fourth-order valence-corrected chi connectivity index (χ4v) is 2.14. The lowest BCUT2D eigenvalue weighted by Crippen LogP contribution is -2.26. The lowest BCUT2D eigenvalue weighted by atomic mass is 10.1. The second-order valence-electron chi connectivity index (χ2n) is 5.43. The van der Waals surface area contributed by atoms with Gasteiger partial charge in [0, 0.05) is 29.8 Å². The van der Waals surface area contributed by atoms with Crippen molar-refractivity contribution in [3.8, 4) is 17.4 Å². The standard InChI is InChI=1S/C17H13N3O4/c18-10-12(17(21)19-13-4-5-13)9-15-6-7-16(24-15)11-2-1-3-14(8-11)20(22)23/h1-3,6-9,13H,4-5H2,(H,19,21)/b12-9+. The first-order valence-corrected chi connectivity index (χ1v) is 7.34. The van der Waals surface area contributed by atoms with E-state index in [4.69, 9.17) is 9.68 Å². The topological polar surface area (TPSA) is 109 Å². The summed E-state index contributed by atoms with van der Waals surface area (Å²) in [5.41, 5.74) is 0.467. The molecule has 0 saturated heterocycles. The van der Waals surface area contributed by atoms with Crippen molar-refractivity contribution in [2.24, 2.45) is 0 Å². The van der Waals surface area contributed by atoms with Crippen LogP contribution in [0.2, 0.25) is 0 Å². The molecule has 1 N–H and O–H groups in total. The van der Waals surface area contributed by atoms with Crippen LogP contribution in [-0.4, -0.2) is 16.9 Å². The molecular formula is C17H13N3O4. The summed E-state index contributed by atoms with van der Waals surface area (Å²) in [6.45, 7) is 0. The first-order chi connectivity index (χ1) is 11.6.